The number of ketones is 2. The SMILES string of the molecule is CCc1ccc([C@@H]2OC3(C(=O)c4ccccc4C3=O)[C@H]3C(=O)N(c4ccc(Br)cc4)C(=O)[C@H]23)cc1. The summed E-state index contributed by atoms with van der Waals surface area (Å²) in [6, 6.07) is 20.8. The second kappa shape index (κ2) is 7.80. The highest BCUT2D eigenvalue weighted by atomic mass is 79.9. The fraction of sp³-hybridized carbons (Fsp3) is 0.214. The Bertz CT molecular complexity index is 1380. The fourth-order valence-corrected chi connectivity index (χ4v) is 5.87. The number of carbonyl (C=O) groups is 4. The number of halogens is 1. The molecule has 2 heterocycles. The Balaban J connectivity index is 1.53. The minimum atomic E-state index is -2.06. The van der Waals surface area contributed by atoms with Crippen LogP contribution in [0.4, 0.5) is 5.69 Å². The zero-order chi connectivity index (χ0) is 24.5. The molecule has 2 amide bonds. The van der Waals surface area contributed by atoms with Crippen LogP contribution >= 0.6 is 15.9 Å². The zero-order valence-electron chi connectivity index (χ0n) is 18.7. The van der Waals surface area contributed by atoms with Crippen molar-refractivity contribution in [3.05, 3.63) is 99.5 Å². The molecule has 3 aromatic carbocycles. The number of carbonyl (C=O) groups excluding carboxylic acids is 4. The van der Waals surface area contributed by atoms with Gasteiger partial charge in [-0.3, -0.25) is 19.2 Å². The van der Waals surface area contributed by atoms with Gasteiger partial charge in [0.05, 0.1) is 23.6 Å². The standard InChI is InChI=1S/C28H20BrNO5/c1-2-15-7-9-16(10-8-15)23-21-22(27(34)30(26(21)33)18-13-11-17(29)12-14-18)28(35-23)24(31)19-5-3-4-6-20(19)25(28)32/h3-14,21-23H,2H2,1H3/t21-,22+,23-/m0/s1. The summed E-state index contributed by atoms with van der Waals surface area (Å²) in [5, 5.41) is 0. The first-order valence-corrected chi connectivity index (χ1v) is 12.3. The summed E-state index contributed by atoms with van der Waals surface area (Å²) in [5.74, 6) is -4.42. The Morgan fingerprint density at radius 2 is 1.43 bits per heavy atom. The lowest BCUT2D eigenvalue weighted by Crippen LogP contribution is -2.51. The third-order valence-corrected chi connectivity index (χ3v) is 7.85. The minimum absolute atomic E-state index is 0.223. The number of imide groups is 1. The molecule has 2 saturated heterocycles. The number of hydrogen-bond donors (Lipinski definition) is 0. The molecule has 3 aliphatic rings. The fourth-order valence-electron chi connectivity index (χ4n) is 5.61. The molecule has 0 radical (unpaired) electrons. The van der Waals surface area contributed by atoms with Crippen LogP contribution in [0.15, 0.2) is 77.3 Å². The molecule has 0 unspecified atom stereocenters. The van der Waals surface area contributed by atoms with Crippen molar-refractivity contribution in [2.75, 3.05) is 4.90 Å². The lowest BCUT2D eigenvalue weighted by molar-refractivity contribution is -0.127. The van der Waals surface area contributed by atoms with Crippen LogP contribution in [0.2, 0.25) is 0 Å². The van der Waals surface area contributed by atoms with Crippen molar-refractivity contribution in [3.8, 4) is 0 Å². The van der Waals surface area contributed by atoms with E-state index < -0.39 is 46.9 Å². The van der Waals surface area contributed by atoms with Gasteiger partial charge in [-0.15, -0.1) is 0 Å². The maximum Gasteiger partial charge on any atom is 0.241 e. The summed E-state index contributed by atoms with van der Waals surface area (Å²) in [6.07, 6.45) is -0.0759. The van der Waals surface area contributed by atoms with Crippen molar-refractivity contribution >= 4 is 45.0 Å². The van der Waals surface area contributed by atoms with Gasteiger partial charge in [0.15, 0.2) is 0 Å². The number of Topliss-reactive ketones (excluding diaryl/α,β-unsaturated/α-hetero) is 2. The Kier molecular flexibility index (Phi) is 4.92. The van der Waals surface area contributed by atoms with Crippen molar-refractivity contribution in [1.29, 1.82) is 0 Å². The normalized spacial score (nSPS) is 24.4. The highest BCUT2D eigenvalue weighted by Gasteiger charge is 2.74. The predicted octanol–water partition coefficient (Wildman–Crippen LogP) is 4.71. The van der Waals surface area contributed by atoms with Crippen LogP contribution in [0.3, 0.4) is 0 Å². The van der Waals surface area contributed by atoms with Gasteiger partial charge in [0, 0.05) is 15.6 Å². The molecule has 35 heavy (non-hydrogen) atoms. The summed E-state index contributed by atoms with van der Waals surface area (Å²) in [6.45, 7) is 2.04. The number of amides is 2. The van der Waals surface area contributed by atoms with Gasteiger partial charge in [-0.2, -0.15) is 0 Å². The molecule has 6 nitrogen and oxygen atoms in total. The van der Waals surface area contributed by atoms with E-state index in [1.54, 1.807) is 48.5 Å². The molecule has 0 saturated carbocycles. The van der Waals surface area contributed by atoms with Gasteiger partial charge in [0.25, 0.3) is 0 Å². The maximum atomic E-state index is 13.9. The highest BCUT2D eigenvalue weighted by Crippen LogP contribution is 2.57. The highest BCUT2D eigenvalue weighted by molar-refractivity contribution is 9.10. The summed E-state index contributed by atoms with van der Waals surface area (Å²) in [7, 11) is 0. The third-order valence-electron chi connectivity index (χ3n) is 7.32. The van der Waals surface area contributed by atoms with Crippen LogP contribution in [0.1, 0.15) is 44.9 Å². The molecule has 0 N–H and O–H groups in total. The van der Waals surface area contributed by atoms with Gasteiger partial charge in [-0.1, -0.05) is 71.4 Å². The quantitative estimate of drug-likeness (QED) is 0.362. The molecular weight excluding hydrogens is 510 g/mol. The molecule has 6 rings (SSSR count). The van der Waals surface area contributed by atoms with Crippen molar-refractivity contribution < 1.29 is 23.9 Å². The van der Waals surface area contributed by atoms with Gasteiger partial charge in [-0.05, 0) is 41.8 Å². The van der Waals surface area contributed by atoms with Crippen LogP contribution in [0, 0.1) is 11.8 Å². The van der Waals surface area contributed by atoms with Crippen LogP contribution < -0.4 is 4.90 Å². The van der Waals surface area contributed by atoms with Gasteiger partial charge in [0.2, 0.25) is 29.0 Å². The molecule has 7 heteroatoms. The summed E-state index contributed by atoms with van der Waals surface area (Å²) in [5.41, 5.74) is 0.539. The van der Waals surface area contributed by atoms with E-state index in [2.05, 4.69) is 15.9 Å². The van der Waals surface area contributed by atoms with Crippen molar-refractivity contribution in [1.82, 2.24) is 0 Å². The molecule has 1 spiro atoms. The van der Waals surface area contributed by atoms with E-state index in [4.69, 9.17) is 4.74 Å². The molecule has 1 aliphatic carbocycles. The van der Waals surface area contributed by atoms with E-state index >= 15 is 0 Å². The molecule has 0 bridgehead atoms. The average molecular weight is 530 g/mol. The van der Waals surface area contributed by atoms with E-state index in [1.165, 1.54) is 0 Å². The van der Waals surface area contributed by atoms with E-state index in [-0.39, 0.29) is 11.1 Å². The number of nitrogens with zero attached hydrogens (tertiary/aromatic N) is 1. The van der Waals surface area contributed by atoms with Gasteiger partial charge in [0.1, 0.15) is 0 Å². The first-order valence-electron chi connectivity index (χ1n) is 11.5. The molecule has 2 aliphatic heterocycles. The molecule has 3 aromatic rings. The Labute approximate surface area is 210 Å². The van der Waals surface area contributed by atoms with Crippen LogP contribution in [-0.4, -0.2) is 29.0 Å². The van der Waals surface area contributed by atoms with Gasteiger partial charge >= 0.3 is 0 Å². The van der Waals surface area contributed by atoms with Gasteiger partial charge < -0.3 is 4.74 Å². The summed E-state index contributed by atoms with van der Waals surface area (Å²) >= 11 is 3.37. The molecule has 174 valence electrons. The van der Waals surface area contributed by atoms with Crippen molar-refractivity contribution in [2.45, 2.75) is 25.0 Å². The number of aryl methyl sites for hydroxylation is 1. The number of hydrogen-bond acceptors (Lipinski definition) is 5. The largest absolute Gasteiger partial charge is 0.349 e. The lowest BCUT2D eigenvalue weighted by Gasteiger charge is -2.27. The Morgan fingerprint density at radius 3 is 2.00 bits per heavy atom. The average Bonchev–Trinajstić information content (AvgIpc) is 3.45. The number of ether oxygens (including phenoxy) is 1. The third kappa shape index (κ3) is 2.91. The molecule has 2 fully saturated rings. The van der Waals surface area contributed by atoms with Crippen molar-refractivity contribution in [2.24, 2.45) is 11.8 Å². The van der Waals surface area contributed by atoms with E-state index in [9.17, 15) is 19.2 Å². The van der Waals surface area contributed by atoms with Gasteiger partial charge in [-0.25, -0.2) is 4.90 Å². The summed E-state index contributed by atoms with van der Waals surface area (Å²) < 4.78 is 7.11. The number of benzene rings is 3. The predicted molar refractivity (Wildman–Crippen MR) is 131 cm³/mol. The smallest absolute Gasteiger partial charge is 0.241 e. The van der Waals surface area contributed by atoms with E-state index in [0.717, 1.165) is 21.4 Å². The molecule has 0 aromatic heterocycles. The zero-order valence-corrected chi connectivity index (χ0v) is 20.3. The molecule has 3 atom stereocenters. The second-order valence-corrected chi connectivity index (χ2v) is 9.98. The maximum absolute atomic E-state index is 13.9. The van der Waals surface area contributed by atoms with E-state index in [1.807, 2.05) is 31.2 Å². The van der Waals surface area contributed by atoms with Crippen molar-refractivity contribution in [3.63, 3.8) is 0 Å². The van der Waals surface area contributed by atoms with Crippen LogP contribution in [-0.2, 0) is 20.7 Å². The Morgan fingerprint density at radius 1 is 0.829 bits per heavy atom. The lowest BCUT2D eigenvalue weighted by atomic mass is 9.77. The first-order chi connectivity index (χ1) is 16.9. The van der Waals surface area contributed by atoms with E-state index in [0.29, 0.717) is 11.3 Å². The van der Waals surface area contributed by atoms with Crippen LogP contribution in [0.5, 0.6) is 0 Å². The first kappa shape index (κ1) is 22.1. The number of rotatable bonds is 3. The van der Waals surface area contributed by atoms with Crippen LogP contribution in [0.25, 0.3) is 0 Å². The monoisotopic (exact) mass is 529 g/mol. The number of anilines is 1. The second-order valence-electron chi connectivity index (χ2n) is 9.06. The molecular formula is C28H20BrNO5. The number of fused-ring (bicyclic) bond motifs is 3. The topological polar surface area (TPSA) is 80.8 Å². The Hall–Kier alpha value is -3.42. The summed E-state index contributed by atoms with van der Waals surface area (Å²) in [4.78, 5) is 56.3. The minimum Gasteiger partial charge on any atom is -0.349 e.